The van der Waals surface area contributed by atoms with Crippen LogP contribution in [-0.2, 0) is 25.8 Å². The number of carboxylic acids is 1. The van der Waals surface area contributed by atoms with Crippen molar-refractivity contribution < 1.29 is 32.6 Å². The van der Waals surface area contributed by atoms with Gasteiger partial charge in [-0.2, -0.15) is 0 Å². The molecule has 34 heavy (non-hydrogen) atoms. The summed E-state index contributed by atoms with van der Waals surface area (Å²) in [5.41, 5.74) is 0.249. The van der Waals surface area contributed by atoms with E-state index in [1.165, 1.54) is 16.2 Å². The molecule has 10 heteroatoms. The number of aliphatic carboxylic acids is 1. The van der Waals surface area contributed by atoms with Crippen molar-refractivity contribution in [2.45, 2.75) is 50.4 Å². The largest absolute Gasteiger partial charge is 0.497 e. The lowest BCUT2D eigenvalue weighted by Gasteiger charge is -2.30. The fraction of sp³-hybridized carbons (Fsp3) is 0.500. The highest BCUT2D eigenvalue weighted by atomic mass is 32.2. The standard InChI is InChI=1S/C24H31NO7S2/c1-23(2,3)32-22(28)25-12-11-24(16-21(26)27,34(29,30)14-13-25)15-19-9-10-20(33-19)17-5-7-18(31-4)8-6-17/h5-10H,11-16H2,1-4H3,(H,26,27). The number of rotatable bonds is 6. The molecule has 1 aromatic carbocycles. The van der Waals surface area contributed by atoms with Crippen LogP contribution in [0.25, 0.3) is 10.4 Å². The first-order chi connectivity index (χ1) is 15.8. The molecular weight excluding hydrogens is 478 g/mol. The zero-order valence-electron chi connectivity index (χ0n) is 19.9. The molecule has 1 aromatic heterocycles. The summed E-state index contributed by atoms with van der Waals surface area (Å²) < 4.78 is 35.9. The molecule has 0 spiro atoms. The van der Waals surface area contributed by atoms with Gasteiger partial charge in [-0.3, -0.25) is 4.79 Å². The average Bonchev–Trinajstić information content (AvgIpc) is 3.15. The Bertz CT molecular complexity index is 1130. The topological polar surface area (TPSA) is 110 Å². The van der Waals surface area contributed by atoms with E-state index >= 15 is 0 Å². The van der Waals surface area contributed by atoms with Gasteiger partial charge in [0.2, 0.25) is 0 Å². The molecule has 2 heterocycles. The molecule has 1 atom stereocenters. The van der Waals surface area contributed by atoms with Crippen molar-refractivity contribution in [3.8, 4) is 16.2 Å². The van der Waals surface area contributed by atoms with Gasteiger partial charge in [-0.1, -0.05) is 0 Å². The number of ether oxygens (including phenoxy) is 2. The summed E-state index contributed by atoms with van der Waals surface area (Å²) in [7, 11) is -2.24. The summed E-state index contributed by atoms with van der Waals surface area (Å²) in [5, 5.41) is 9.62. The number of benzene rings is 1. The number of nitrogens with zero attached hydrogens (tertiary/aromatic N) is 1. The number of sulfone groups is 1. The Morgan fingerprint density at radius 3 is 2.38 bits per heavy atom. The second-order valence-corrected chi connectivity index (χ2v) is 13.1. The maximum Gasteiger partial charge on any atom is 0.410 e. The smallest absolute Gasteiger partial charge is 0.410 e. The number of carbonyl (C=O) groups is 2. The fourth-order valence-electron chi connectivity index (χ4n) is 4.00. The van der Waals surface area contributed by atoms with Crippen LogP contribution >= 0.6 is 11.3 Å². The van der Waals surface area contributed by atoms with E-state index in [-0.39, 0.29) is 31.7 Å². The van der Waals surface area contributed by atoms with E-state index in [2.05, 4.69) is 0 Å². The molecule has 1 aliphatic heterocycles. The first-order valence-electron chi connectivity index (χ1n) is 11.0. The predicted octanol–water partition coefficient (Wildman–Crippen LogP) is 4.24. The van der Waals surface area contributed by atoms with Gasteiger partial charge < -0.3 is 19.5 Å². The quantitative estimate of drug-likeness (QED) is 0.620. The van der Waals surface area contributed by atoms with Crippen molar-refractivity contribution in [3.63, 3.8) is 0 Å². The lowest BCUT2D eigenvalue weighted by Crippen LogP contribution is -2.44. The molecule has 1 N–H and O–H groups in total. The normalized spacial score (nSPS) is 20.4. The Morgan fingerprint density at radius 2 is 1.79 bits per heavy atom. The third-order valence-electron chi connectivity index (χ3n) is 5.78. The molecule has 186 valence electrons. The molecule has 1 fully saturated rings. The third-order valence-corrected chi connectivity index (χ3v) is 9.45. The number of thiophene rings is 1. The molecule has 0 saturated carbocycles. The van der Waals surface area contributed by atoms with Gasteiger partial charge in [0.25, 0.3) is 0 Å². The first kappa shape index (κ1) is 26.0. The van der Waals surface area contributed by atoms with Crippen LogP contribution in [-0.4, -0.2) is 66.8 Å². The summed E-state index contributed by atoms with van der Waals surface area (Å²) in [6, 6.07) is 11.3. The Morgan fingerprint density at radius 1 is 1.12 bits per heavy atom. The summed E-state index contributed by atoms with van der Waals surface area (Å²) >= 11 is 1.44. The molecule has 0 aliphatic carbocycles. The molecule has 1 unspecified atom stereocenters. The summed E-state index contributed by atoms with van der Waals surface area (Å²) in [5.74, 6) is -0.753. The van der Waals surface area contributed by atoms with E-state index in [4.69, 9.17) is 9.47 Å². The van der Waals surface area contributed by atoms with Crippen molar-refractivity contribution in [2.24, 2.45) is 0 Å². The number of carboxylic acid groups (broad SMARTS) is 1. The highest BCUT2D eigenvalue weighted by Crippen LogP contribution is 2.38. The van der Waals surface area contributed by atoms with E-state index < -0.39 is 38.7 Å². The van der Waals surface area contributed by atoms with Crippen LogP contribution in [0.15, 0.2) is 36.4 Å². The minimum absolute atomic E-state index is 0.0244. The monoisotopic (exact) mass is 509 g/mol. The summed E-state index contributed by atoms with van der Waals surface area (Å²) in [6.07, 6.45) is -1.01. The van der Waals surface area contributed by atoms with Crippen LogP contribution in [0, 0.1) is 0 Å². The van der Waals surface area contributed by atoms with Gasteiger partial charge >= 0.3 is 12.1 Å². The van der Waals surface area contributed by atoms with Crippen LogP contribution in [0.2, 0.25) is 0 Å². The SMILES string of the molecule is COc1ccc(-c2ccc(CC3(CC(=O)O)CCN(C(=O)OC(C)(C)C)CCS3(=O)=O)s2)cc1. The van der Waals surface area contributed by atoms with Crippen LogP contribution in [0.1, 0.15) is 38.5 Å². The van der Waals surface area contributed by atoms with Gasteiger partial charge in [0.1, 0.15) is 11.4 Å². The zero-order chi connectivity index (χ0) is 25.1. The van der Waals surface area contributed by atoms with E-state index in [1.54, 1.807) is 27.9 Å². The number of hydrogen-bond acceptors (Lipinski definition) is 7. The lowest BCUT2D eigenvalue weighted by molar-refractivity contribution is -0.137. The molecule has 0 bridgehead atoms. The number of methoxy groups -OCH3 is 1. The molecular formula is C24H31NO7S2. The summed E-state index contributed by atoms with van der Waals surface area (Å²) in [4.78, 5) is 27.4. The first-order valence-corrected chi connectivity index (χ1v) is 13.5. The molecule has 1 aliphatic rings. The maximum atomic E-state index is 13.4. The van der Waals surface area contributed by atoms with Crippen LogP contribution in [0.5, 0.6) is 5.75 Å². The molecule has 1 amide bonds. The van der Waals surface area contributed by atoms with E-state index in [0.29, 0.717) is 0 Å². The van der Waals surface area contributed by atoms with Gasteiger partial charge in [-0.25, -0.2) is 13.2 Å². The van der Waals surface area contributed by atoms with Crippen LogP contribution in [0.4, 0.5) is 4.79 Å². The molecule has 0 radical (unpaired) electrons. The lowest BCUT2D eigenvalue weighted by atomic mass is 9.95. The number of hydrogen-bond donors (Lipinski definition) is 1. The fourth-order valence-corrected chi connectivity index (χ4v) is 7.26. The third kappa shape index (κ3) is 6.09. The van der Waals surface area contributed by atoms with Crippen LogP contribution < -0.4 is 4.74 Å². The van der Waals surface area contributed by atoms with E-state index in [9.17, 15) is 23.1 Å². The Hall–Kier alpha value is -2.59. The van der Waals surface area contributed by atoms with Crippen LogP contribution in [0.3, 0.4) is 0 Å². The average molecular weight is 510 g/mol. The Balaban J connectivity index is 1.88. The zero-order valence-corrected chi connectivity index (χ0v) is 21.5. The van der Waals surface area contributed by atoms with Gasteiger partial charge in [-0.15, -0.1) is 11.3 Å². The highest BCUT2D eigenvalue weighted by molar-refractivity contribution is 7.92. The minimum atomic E-state index is -3.83. The second-order valence-electron chi connectivity index (χ2n) is 9.46. The Kier molecular flexibility index (Phi) is 7.62. The van der Waals surface area contributed by atoms with Crippen molar-refractivity contribution in [1.29, 1.82) is 0 Å². The van der Waals surface area contributed by atoms with Crippen molar-refractivity contribution in [1.82, 2.24) is 4.90 Å². The van der Waals surface area contributed by atoms with E-state index in [1.807, 2.05) is 36.4 Å². The van der Waals surface area contributed by atoms with Gasteiger partial charge in [0.15, 0.2) is 9.84 Å². The van der Waals surface area contributed by atoms with Crippen molar-refractivity contribution >= 4 is 33.2 Å². The van der Waals surface area contributed by atoms with Crippen molar-refractivity contribution in [3.05, 3.63) is 41.3 Å². The predicted molar refractivity (Wildman–Crippen MR) is 131 cm³/mol. The molecule has 2 aromatic rings. The van der Waals surface area contributed by atoms with Gasteiger partial charge in [0.05, 0.1) is 24.0 Å². The number of amides is 1. The number of carbonyl (C=O) groups excluding carboxylic acids is 1. The molecule has 3 rings (SSSR count). The van der Waals surface area contributed by atoms with Gasteiger partial charge in [0, 0.05) is 29.3 Å². The minimum Gasteiger partial charge on any atom is -0.497 e. The molecule has 8 nitrogen and oxygen atoms in total. The van der Waals surface area contributed by atoms with Gasteiger partial charge in [-0.05, 0) is 69.2 Å². The summed E-state index contributed by atoms with van der Waals surface area (Å²) in [6.45, 7) is 5.31. The molecule has 1 saturated heterocycles. The highest BCUT2D eigenvalue weighted by Gasteiger charge is 2.48. The van der Waals surface area contributed by atoms with Crippen molar-refractivity contribution in [2.75, 3.05) is 26.0 Å². The second kappa shape index (κ2) is 9.95. The van der Waals surface area contributed by atoms with E-state index in [0.717, 1.165) is 21.1 Å². The maximum absolute atomic E-state index is 13.4. The Labute approximate surface area is 204 Å².